The van der Waals surface area contributed by atoms with E-state index in [1.165, 1.54) is 0 Å². The predicted molar refractivity (Wildman–Crippen MR) is 59.9 cm³/mol. The largest absolute Gasteiger partial charge is 0.480 e. The molecule has 16 heavy (non-hydrogen) atoms. The van der Waals surface area contributed by atoms with Gasteiger partial charge in [0.2, 0.25) is 0 Å². The van der Waals surface area contributed by atoms with Crippen molar-refractivity contribution >= 4 is 11.9 Å². The molecule has 0 aromatic carbocycles. The van der Waals surface area contributed by atoms with Crippen molar-refractivity contribution in [2.45, 2.75) is 52.2 Å². The summed E-state index contributed by atoms with van der Waals surface area (Å²) in [6.07, 6.45) is 1.10. The Morgan fingerprint density at radius 3 is 2.19 bits per heavy atom. The van der Waals surface area contributed by atoms with E-state index in [0.29, 0.717) is 12.8 Å². The van der Waals surface area contributed by atoms with Gasteiger partial charge in [0.1, 0.15) is 11.6 Å². The minimum Gasteiger partial charge on any atom is -0.480 e. The molecule has 0 heterocycles. The van der Waals surface area contributed by atoms with Gasteiger partial charge in [-0.15, -0.1) is 0 Å². The van der Waals surface area contributed by atoms with Crippen molar-refractivity contribution in [1.82, 2.24) is 0 Å². The first-order valence-corrected chi connectivity index (χ1v) is 5.40. The van der Waals surface area contributed by atoms with Gasteiger partial charge in [0.05, 0.1) is 5.92 Å². The molecule has 2 atom stereocenters. The van der Waals surface area contributed by atoms with Crippen molar-refractivity contribution in [3.8, 4) is 0 Å². The molecule has 0 fully saturated rings. The van der Waals surface area contributed by atoms with E-state index in [1.807, 2.05) is 6.92 Å². The van der Waals surface area contributed by atoms with Crippen molar-refractivity contribution in [3.05, 3.63) is 0 Å². The lowest BCUT2D eigenvalue weighted by Crippen LogP contribution is -2.44. The van der Waals surface area contributed by atoms with Gasteiger partial charge in [-0.2, -0.15) is 0 Å². The zero-order valence-corrected chi connectivity index (χ0v) is 10.3. The lowest BCUT2D eigenvalue weighted by molar-refractivity contribution is -0.164. The molecule has 0 rings (SSSR count). The van der Waals surface area contributed by atoms with Gasteiger partial charge in [0, 0.05) is 0 Å². The summed E-state index contributed by atoms with van der Waals surface area (Å²) in [5, 5.41) is 8.79. The Balaban J connectivity index is 4.65. The molecule has 3 N–H and O–H groups in total. The number of hydrogen-bond donors (Lipinski definition) is 2. The fourth-order valence-electron chi connectivity index (χ4n) is 1.30. The first-order chi connectivity index (χ1) is 7.19. The van der Waals surface area contributed by atoms with Crippen molar-refractivity contribution in [2.75, 3.05) is 0 Å². The molecule has 2 unspecified atom stereocenters. The van der Waals surface area contributed by atoms with E-state index >= 15 is 0 Å². The van der Waals surface area contributed by atoms with E-state index in [2.05, 4.69) is 0 Å². The lowest BCUT2D eigenvalue weighted by Gasteiger charge is -2.25. The number of esters is 1. The topological polar surface area (TPSA) is 89.6 Å². The molecule has 0 aliphatic heterocycles. The Morgan fingerprint density at radius 2 is 1.88 bits per heavy atom. The van der Waals surface area contributed by atoms with Crippen molar-refractivity contribution in [3.63, 3.8) is 0 Å². The van der Waals surface area contributed by atoms with Crippen LogP contribution in [-0.2, 0) is 14.3 Å². The first kappa shape index (κ1) is 14.9. The molecule has 5 heteroatoms. The van der Waals surface area contributed by atoms with Crippen LogP contribution in [0, 0.1) is 5.92 Å². The summed E-state index contributed by atoms with van der Waals surface area (Å²) >= 11 is 0. The Kier molecular flexibility index (Phi) is 5.44. The maximum absolute atomic E-state index is 11.7. The summed E-state index contributed by atoms with van der Waals surface area (Å²) in [5.41, 5.74) is 4.84. The van der Waals surface area contributed by atoms with Crippen LogP contribution in [0.3, 0.4) is 0 Å². The summed E-state index contributed by atoms with van der Waals surface area (Å²) in [6, 6.07) is -1.20. The normalized spacial score (nSPS) is 15.3. The van der Waals surface area contributed by atoms with E-state index in [0.717, 1.165) is 0 Å². The molecule has 5 nitrogen and oxygen atoms in total. The summed E-state index contributed by atoms with van der Waals surface area (Å²) in [5.74, 6) is -2.49. The average Bonchev–Trinajstić information content (AvgIpc) is 2.09. The standard InChI is InChI=1S/C11H21NO4/c1-5-6-7(8(12)9(13)14)10(15)16-11(2,3)4/h7-8H,5-6,12H2,1-4H3,(H,13,14). The van der Waals surface area contributed by atoms with Gasteiger partial charge < -0.3 is 15.6 Å². The van der Waals surface area contributed by atoms with Gasteiger partial charge in [-0.05, 0) is 27.2 Å². The lowest BCUT2D eigenvalue weighted by atomic mass is 9.95. The molecule has 0 aliphatic rings. The van der Waals surface area contributed by atoms with Gasteiger partial charge >= 0.3 is 11.9 Å². The molecule has 0 amide bonds. The molecule has 0 bridgehead atoms. The number of aliphatic carboxylic acids is 1. The highest BCUT2D eigenvalue weighted by atomic mass is 16.6. The molecule has 0 aliphatic carbocycles. The van der Waals surface area contributed by atoms with Crippen LogP contribution in [0.1, 0.15) is 40.5 Å². The van der Waals surface area contributed by atoms with Crippen LogP contribution >= 0.6 is 0 Å². The van der Waals surface area contributed by atoms with Crippen molar-refractivity contribution in [2.24, 2.45) is 11.7 Å². The average molecular weight is 231 g/mol. The summed E-state index contributed by atoms with van der Waals surface area (Å²) in [7, 11) is 0. The molecule has 0 radical (unpaired) electrons. The highest BCUT2D eigenvalue weighted by Crippen LogP contribution is 2.17. The second-order valence-corrected chi connectivity index (χ2v) is 4.79. The highest BCUT2D eigenvalue weighted by Gasteiger charge is 2.33. The molecule has 0 spiro atoms. The van der Waals surface area contributed by atoms with Gasteiger partial charge in [-0.3, -0.25) is 9.59 Å². The SMILES string of the molecule is CCCC(C(=O)OC(C)(C)C)C(N)C(=O)O. The fraction of sp³-hybridized carbons (Fsp3) is 0.818. The zero-order chi connectivity index (χ0) is 12.9. The van der Waals surface area contributed by atoms with Crippen molar-refractivity contribution < 1.29 is 19.4 Å². The number of ether oxygens (including phenoxy) is 1. The smallest absolute Gasteiger partial charge is 0.321 e. The Labute approximate surface area is 96.0 Å². The Hall–Kier alpha value is -1.10. The summed E-state index contributed by atoms with van der Waals surface area (Å²) < 4.78 is 5.14. The van der Waals surface area contributed by atoms with E-state index in [1.54, 1.807) is 20.8 Å². The molecule has 94 valence electrons. The Bertz CT molecular complexity index is 257. The maximum Gasteiger partial charge on any atom is 0.321 e. The van der Waals surface area contributed by atoms with E-state index < -0.39 is 29.5 Å². The fourth-order valence-corrected chi connectivity index (χ4v) is 1.30. The third kappa shape index (κ3) is 5.11. The number of hydrogen-bond acceptors (Lipinski definition) is 4. The summed E-state index contributed by atoms with van der Waals surface area (Å²) in [4.78, 5) is 22.5. The van der Waals surface area contributed by atoms with Crippen LogP contribution < -0.4 is 5.73 Å². The van der Waals surface area contributed by atoms with Gasteiger partial charge in [-0.25, -0.2) is 0 Å². The van der Waals surface area contributed by atoms with Crippen LogP contribution in [0.25, 0.3) is 0 Å². The number of carboxylic acid groups (broad SMARTS) is 1. The monoisotopic (exact) mass is 231 g/mol. The molecule has 0 aromatic rings. The number of carboxylic acids is 1. The van der Waals surface area contributed by atoms with E-state index in [4.69, 9.17) is 15.6 Å². The number of rotatable bonds is 5. The van der Waals surface area contributed by atoms with Crippen molar-refractivity contribution in [1.29, 1.82) is 0 Å². The third-order valence-corrected chi connectivity index (χ3v) is 2.03. The van der Waals surface area contributed by atoms with Gasteiger partial charge in [0.25, 0.3) is 0 Å². The number of carbonyl (C=O) groups is 2. The molecule has 0 aromatic heterocycles. The molecule has 0 saturated heterocycles. The summed E-state index contributed by atoms with van der Waals surface area (Å²) in [6.45, 7) is 7.08. The zero-order valence-electron chi connectivity index (χ0n) is 10.3. The molecule has 0 saturated carbocycles. The number of carbonyl (C=O) groups excluding carboxylic acids is 1. The molecular formula is C11H21NO4. The minimum atomic E-state index is -1.20. The first-order valence-electron chi connectivity index (χ1n) is 5.40. The van der Waals surface area contributed by atoms with Crippen LogP contribution in [0.15, 0.2) is 0 Å². The van der Waals surface area contributed by atoms with Gasteiger partial charge in [-0.1, -0.05) is 13.3 Å². The van der Waals surface area contributed by atoms with Crippen LogP contribution in [0.4, 0.5) is 0 Å². The maximum atomic E-state index is 11.7. The number of nitrogens with two attached hydrogens (primary N) is 1. The highest BCUT2D eigenvalue weighted by molar-refractivity contribution is 5.83. The van der Waals surface area contributed by atoms with Gasteiger partial charge in [0.15, 0.2) is 0 Å². The second-order valence-electron chi connectivity index (χ2n) is 4.79. The van der Waals surface area contributed by atoms with Crippen LogP contribution in [0.5, 0.6) is 0 Å². The quantitative estimate of drug-likeness (QED) is 0.693. The second kappa shape index (κ2) is 5.84. The minimum absolute atomic E-state index is 0.419. The predicted octanol–water partition coefficient (Wildman–Crippen LogP) is 1.16. The van der Waals surface area contributed by atoms with E-state index in [9.17, 15) is 9.59 Å². The van der Waals surface area contributed by atoms with Crippen LogP contribution in [-0.4, -0.2) is 28.7 Å². The Morgan fingerprint density at radius 1 is 1.38 bits per heavy atom. The molecular weight excluding hydrogens is 210 g/mol. The van der Waals surface area contributed by atoms with E-state index in [-0.39, 0.29) is 0 Å². The third-order valence-electron chi connectivity index (χ3n) is 2.03. The van der Waals surface area contributed by atoms with Crippen LogP contribution in [0.2, 0.25) is 0 Å².